The van der Waals surface area contributed by atoms with Crippen LogP contribution in [-0.2, 0) is 0 Å². The maximum atomic E-state index is 5.79. The number of rotatable bonds is 9. The maximum absolute atomic E-state index is 5.79. The third kappa shape index (κ3) is 7.15. The second-order valence-corrected chi connectivity index (χ2v) is 5.12. The van der Waals surface area contributed by atoms with Gasteiger partial charge in [0.2, 0.25) is 6.79 Å². The number of ether oxygens (including phenoxy) is 3. The number of benzene rings is 1. The molecule has 0 spiro atoms. The van der Waals surface area contributed by atoms with Crippen LogP contribution in [0.5, 0.6) is 17.2 Å². The van der Waals surface area contributed by atoms with Crippen LogP contribution in [0.2, 0.25) is 0 Å². The predicted molar refractivity (Wildman–Crippen MR) is 102 cm³/mol. The summed E-state index contributed by atoms with van der Waals surface area (Å²) in [5.41, 5.74) is 5.79. The molecule has 0 aromatic heterocycles. The van der Waals surface area contributed by atoms with Gasteiger partial charge in [0, 0.05) is 12.6 Å². The van der Waals surface area contributed by atoms with Crippen LogP contribution in [0.25, 0.3) is 0 Å². The third-order valence-electron chi connectivity index (χ3n) is 3.31. The molecule has 1 aliphatic rings. The van der Waals surface area contributed by atoms with Crippen molar-refractivity contribution in [3.05, 3.63) is 18.2 Å². The van der Waals surface area contributed by atoms with E-state index in [1.165, 1.54) is 19.3 Å². The molecule has 23 heavy (non-hydrogen) atoms. The highest BCUT2D eigenvalue weighted by atomic mass is 127. The lowest BCUT2D eigenvalue weighted by Gasteiger charge is -2.08. The second-order valence-electron chi connectivity index (χ2n) is 5.12. The van der Waals surface area contributed by atoms with E-state index in [1.54, 1.807) is 0 Å². The molecule has 0 aliphatic carbocycles. The number of hydrogen-bond acceptors (Lipinski definition) is 4. The molecule has 0 radical (unpaired) electrons. The molecule has 0 fully saturated rings. The molecule has 0 bridgehead atoms. The summed E-state index contributed by atoms with van der Waals surface area (Å²) in [7, 11) is 0. The molecule has 1 aromatic rings. The Morgan fingerprint density at radius 2 is 2.09 bits per heavy atom. The smallest absolute Gasteiger partial charge is 0.231 e. The van der Waals surface area contributed by atoms with Crippen molar-refractivity contribution in [3.8, 4) is 17.2 Å². The van der Waals surface area contributed by atoms with E-state index in [1.807, 2.05) is 18.2 Å². The van der Waals surface area contributed by atoms with E-state index in [2.05, 4.69) is 17.2 Å². The van der Waals surface area contributed by atoms with Gasteiger partial charge in [-0.25, -0.2) is 0 Å². The molecule has 1 heterocycles. The molecule has 1 aromatic carbocycles. The van der Waals surface area contributed by atoms with Crippen LogP contribution < -0.4 is 25.3 Å². The Morgan fingerprint density at radius 3 is 2.91 bits per heavy atom. The summed E-state index contributed by atoms with van der Waals surface area (Å²) in [6, 6.07) is 5.53. The molecule has 0 unspecified atom stereocenters. The van der Waals surface area contributed by atoms with E-state index < -0.39 is 0 Å². The molecule has 3 N–H and O–H groups in total. The molecule has 0 saturated heterocycles. The first-order chi connectivity index (χ1) is 10.8. The fourth-order valence-corrected chi connectivity index (χ4v) is 2.11. The van der Waals surface area contributed by atoms with Crippen LogP contribution in [-0.4, -0.2) is 32.4 Å². The molecule has 130 valence electrons. The van der Waals surface area contributed by atoms with E-state index in [0.717, 1.165) is 30.2 Å². The topological polar surface area (TPSA) is 78.1 Å². The van der Waals surface area contributed by atoms with Gasteiger partial charge >= 0.3 is 0 Å². The maximum Gasteiger partial charge on any atom is 0.231 e. The van der Waals surface area contributed by atoms with Crippen molar-refractivity contribution in [3.63, 3.8) is 0 Å². The molecule has 7 heteroatoms. The van der Waals surface area contributed by atoms with Crippen molar-refractivity contribution in [1.29, 1.82) is 0 Å². The van der Waals surface area contributed by atoms with Crippen LogP contribution in [0.3, 0.4) is 0 Å². The zero-order valence-electron chi connectivity index (χ0n) is 13.5. The fraction of sp³-hybridized carbons (Fsp3) is 0.562. The van der Waals surface area contributed by atoms with E-state index in [-0.39, 0.29) is 30.8 Å². The largest absolute Gasteiger partial charge is 0.492 e. The van der Waals surface area contributed by atoms with Gasteiger partial charge < -0.3 is 25.3 Å². The van der Waals surface area contributed by atoms with Gasteiger partial charge in [-0.2, -0.15) is 0 Å². The number of nitrogens with zero attached hydrogens (tertiary/aromatic N) is 1. The Morgan fingerprint density at radius 1 is 1.26 bits per heavy atom. The van der Waals surface area contributed by atoms with Gasteiger partial charge in [0.05, 0.1) is 6.54 Å². The van der Waals surface area contributed by atoms with Crippen molar-refractivity contribution in [2.45, 2.75) is 32.6 Å². The average Bonchev–Trinajstić information content (AvgIpc) is 2.99. The van der Waals surface area contributed by atoms with Crippen molar-refractivity contribution < 1.29 is 14.2 Å². The Bertz CT molecular complexity index is 497. The van der Waals surface area contributed by atoms with E-state index >= 15 is 0 Å². The lowest BCUT2D eigenvalue weighted by Crippen LogP contribution is -2.34. The normalized spacial score (nSPS) is 12.7. The van der Waals surface area contributed by atoms with Gasteiger partial charge in [0.25, 0.3) is 0 Å². The highest BCUT2D eigenvalue weighted by molar-refractivity contribution is 14.0. The zero-order chi connectivity index (χ0) is 15.6. The number of guanidine groups is 1. The van der Waals surface area contributed by atoms with Gasteiger partial charge in [-0.3, -0.25) is 4.99 Å². The first kappa shape index (κ1) is 19.7. The number of halogens is 1. The van der Waals surface area contributed by atoms with Gasteiger partial charge in [0.15, 0.2) is 17.5 Å². The summed E-state index contributed by atoms with van der Waals surface area (Å²) in [5.74, 6) is 2.70. The van der Waals surface area contributed by atoms with Gasteiger partial charge in [-0.05, 0) is 18.6 Å². The minimum atomic E-state index is 0. The summed E-state index contributed by atoms with van der Waals surface area (Å²) in [6.45, 7) is 4.36. The summed E-state index contributed by atoms with van der Waals surface area (Å²) in [6.07, 6.45) is 4.78. The first-order valence-corrected chi connectivity index (χ1v) is 7.86. The number of fused-ring (bicyclic) bond motifs is 1. The third-order valence-corrected chi connectivity index (χ3v) is 3.31. The molecule has 0 saturated carbocycles. The summed E-state index contributed by atoms with van der Waals surface area (Å²) in [5, 5.41) is 3.04. The van der Waals surface area contributed by atoms with E-state index in [4.69, 9.17) is 19.9 Å². The zero-order valence-corrected chi connectivity index (χ0v) is 15.9. The number of aliphatic imine (C=N–C) groups is 1. The number of nitrogens with one attached hydrogen (secondary N) is 1. The number of unbranched alkanes of at least 4 members (excludes halogenated alkanes) is 3. The monoisotopic (exact) mass is 435 g/mol. The standard InChI is InChI=1S/C16H25N3O3.HI/c1-2-3-4-5-8-18-16(17)19-9-10-20-13-6-7-14-15(11-13)22-12-21-14;/h6-7,11H,2-5,8-10,12H2,1H3,(H3,17,18,19);1H. The van der Waals surface area contributed by atoms with Crippen molar-refractivity contribution in [1.82, 2.24) is 5.32 Å². The van der Waals surface area contributed by atoms with Crippen LogP contribution in [0.4, 0.5) is 0 Å². The summed E-state index contributed by atoms with van der Waals surface area (Å²) < 4.78 is 16.2. The molecular weight excluding hydrogens is 409 g/mol. The van der Waals surface area contributed by atoms with Crippen molar-refractivity contribution in [2.24, 2.45) is 10.7 Å². The lowest BCUT2D eigenvalue weighted by molar-refractivity contribution is 0.173. The first-order valence-electron chi connectivity index (χ1n) is 7.86. The van der Waals surface area contributed by atoms with Gasteiger partial charge in [-0.1, -0.05) is 26.2 Å². The Kier molecular flexibility index (Phi) is 9.58. The number of nitrogens with two attached hydrogens (primary N) is 1. The number of hydrogen-bond donors (Lipinski definition) is 2. The predicted octanol–water partition coefficient (Wildman–Crippen LogP) is 2.90. The molecule has 1 aliphatic heterocycles. The van der Waals surface area contributed by atoms with Gasteiger partial charge in [-0.15, -0.1) is 24.0 Å². The van der Waals surface area contributed by atoms with E-state index in [9.17, 15) is 0 Å². The van der Waals surface area contributed by atoms with Crippen molar-refractivity contribution in [2.75, 3.05) is 26.5 Å². The minimum absolute atomic E-state index is 0. The highest BCUT2D eigenvalue weighted by Gasteiger charge is 2.13. The quantitative estimate of drug-likeness (QED) is 0.270. The lowest BCUT2D eigenvalue weighted by atomic mass is 10.2. The SMILES string of the molecule is CCCCCCN=C(N)NCCOc1ccc2c(c1)OCO2.I. The van der Waals surface area contributed by atoms with Crippen LogP contribution in [0, 0.1) is 0 Å². The molecule has 0 amide bonds. The van der Waals surface area contributed by atoms with Gasteiger partial charge in [0.1, 0.15) is 12.4 Å². The van der Waals surface area contributed by atoms with Crippen LogP contribution in [0.15, 0.2) is 23.2 Å². The molecular formula is C16H26IN3O3. The molecule has 0 atom stereocenters. The highest BCUT2D eigenvalue weighted by Crippen LogP contribution is 2.34. The van der Waals surface area contributed by atoms with E-state index in [0.29, 0.717) is 19.1 Å². The Hall–Kier alpha value is -1.38. The summed E-state index contributed by atoms with van der Waals surface area (Å²) in [4.78, 5) is 4.28. The Balaban J connectivity index is 0.00000264. The fourth-order valence-electron chi connectivity index (χ4n) is 2.11. The van der Waals surface area contributed by atoms with Crippen LogP contribution >= 0.6 is 24.0 Å². The average molecular weight is 435 g/mol. The molecule has 6 nitrogen and oxygen atoms in total. The molecule has 2 rings (SSSR count). The second kappa shape index (κ2) is 11.2. The van der Waals surface area contributed by atoms with Crippen molar-refractivity contribution >= 4 is 29.9 Å². The minimum Gasteiger partial charge on any atom is -0.492 e. The Labute approximate surface area is 154 Å². The van der Waals surface area contributed by atoms with Crippen LogP contribution in [0.1, 0.15) is 32.6 Å². The summed E-state index contributed by atoms with van der Waals surface area (Å²) >= 11 is 0.